The fourth-order valence-corrected chi connectivity index (χ4v) is 4.38. The van der Waals surface area contributed by atoms with E-state index >= 15 is 0 Å². The molecule has 4 rings (SSSR count). The highest BCUT2D eigenvalue weighted by atomic mass is 35.5. The number of hydrogen-bond donors (Lipinski definition) is 3. The van der Waals surface area contributed by atoms with E-state index in [1.165, 1.54) is 37.2 Å². The van der Waals surface area contributed by atoms with Gasteiger partial charge in [-0.1, -0.05) is 30.3 Å². The number of ether oxygens (including phenoxy) is 1. The van der Waals surface area contributed by atoms with Crippen molar-refractivity contribution < 1.29 is 27.4 Å². The second-order valence-electron chi connectivity index (χ2n) is 7.41. The fraction of sp³-hybridized carbons (Fsp3) is 0.429. The summed E-state index contributed by atoms with van der Waals surface area (Å²) in [6, 6.07) is 20.0. The van der Waals surface area contributed by atoms with Gasteiger partial charge in [0, 0.05) is 23.6 Å². The molecule has 4 atom stereocenters. The number of halogens is 1. The first-order valence-corrected chi connectivity index (χ1v) is 9.42. The largest absolute Gasteiger partial charge is 1.00 e. The van der Waals surface area contributed by atoms with Crippen molar-refractivity contribution in [2.45, 2.75) is 25.2 Å². The molecule has 4 unspecified atom stereocenters. The lowest BCUT2D eigenvalue weighted by Gasteiger charge is -2.41. The van der Waals surface area contributed by atoms with E-state index < -0.39 is 0 Å². The molecule has 0 bridgehead atoms. The Kier molecular flexibility index (Phi) is 6.54. The second kappa shape index (κ2) is 8.87. The van der Waals surface area contributed by atoms with Crippen LogP contribution >= 0.6 is 0 Å². The zero-order valence-electron chi connectivity index (χ0n) is 15.3. The van der Waals surface area contributed by atoms with Crippen molar-refractivity contribution in [3.05, 3.63) is 65.7 Å². The van der Waals surface area contributed by atoms with Gasteiger partial charge in [-0.05, 0) is 24.3 Å². The lowest BCUT2D eigenvalue weighted by Crippen LogP contribution is -3.14. The van der Waals surface area contributed by atoms with Crippen molar-refractivity contribution in [3.63, 3.8) is 0 Å². The summed E-state index contributed by atoms with van der Waals surface area (Å²) in [5.74, 6) is 1.69. The number of rotatable bonds is 4. The van der Waals surface area contributed by atoms with Gasteiger partial charge in [-0.3, -0.25) is 5.32 Å². The van der Waals surface area contributed by atoms with E-state index in [-0.39, 0.29) is 12.4 Å². The van der Waals surface area contributed by atoms with E-state index in [0.29, 0.717) is 12.2 Å². The predicted molar refractivity (Wildman–Crippen MR) is 98.4 cm³/mol. The van der Waals surface area contributed by atoms with Gasteiger partial charge in [0.15, 0.2) is 6.17 Å². The quantitative estimate of drug-likeness (QED) is 0.547. The van der Waals surface area contributed by atoms with Crippen LogP contribution in [0.3, 0.4) is 0 Å². The van der Waals surface area contributed by atoms with Gasteiger partial charge in [-0.2, -0.15) is 0 Å². The summed E-state index contributed by atoms with van der Waals surface area (Å²) in [4.78, 5) is 1.73. The molecule has 0 amide bonds. The Morgan fingerprint density at radius 2 is 1.88 bits per heavy atom. The van der Waals surface area contributed by atoms with Crippen LogP contribution in [0, 0.1) is 5.92 Å². The Bertz CT molecular complexity index is 679. The molecule has 140 valence electrons. The molecule has 0 spiro atoms. The minimum atomic E-state index is 0. The van der Waals surface area contributed by atoms with Crippen molar-refractivity contribution in [2.24, 2.45) is 5.92 Å². The molecule has 2 aromatic rings. The molecule has 0 aliphatic carbocycles. The number of piperidine rings is 1. The lowest BCUT2D eigenvalue weighted by atomic mass is 9.88. The highest BCUT2D eigenvalue weighted by Gasteiger charge is 2.39. The lowest BCUT2D eigenvalue weighted by molar-refractivity contribution is -0.926. The molecule has 4 N–H and O–H groups in total. The number of methoxy groups -OCH3 is 1. The maximum Gasteiger partial charge on any atom is 0.166 e. The van der Waals surface area contributed by atoms with Crippen molar-refractivity contribution in [3.8, 4) is 5.75 Å². The van der Waals surface area contributed by atoms with Crippen LogP contribution in [0.4, 0.5) is 0 Å². The molecule has 2 aromatic carbocycles. The van der Waals surface area contributed by atoms with Crippen molar-refractivity contribution in [2.75, 3.05) is 26.7 Å². The smallest absolute Gasteiger partial charge is 0.166 e. The summed E-state index contributed by atoms with van der Waals surface area (Å²) in [5.41, 5.74) is 2.80. The molecule has 0 radical (unpaired) electrons. The minimum Gasteiger partial charge on any atom is -1.00 e. The standard InChI is InChI=1S/C21H27N3O.ClH/c1-25-19-9-7-17(8-10-19)21-22-13-18-15-24(12-11-20(18)23-21)14-16-5-3-2-4-6-16;/h2-10,18,20-23H,11-15H2,1H3;1H/p+1. The molecule has 2 fully saturated rings. The molecule has 0 aromatic heterocycles. The van der Waals surface area contributed by atoms with Gasteiger partial charge in [0.2, 0.25) is 0 Å². The Morgan fingerprint density at radius 1 is 1.12 bits per heavy atom. The number of nitrogens with two attached hydrogens (primary N) is 1. The first-order chi connectivity index (χ1) is 12.3. The molecule has 5 heteroatoms. The molecule has 2 saturated heterocycles. The fourth-order valence-electron chi connectivity index (χ4n) is 4.38. The van der Waals surface area contributed by atoms with Gasteiger partial charge < -0.3 is 27.4 Å². The summed E-state index contributed by atoms with van der Waals surface area (Å²) in [5, 5.41) is 6.35. The number of nitrogens with one attached hydrogen (secondary N) is 2. The zero-order valence-corrected chi connectivity index (χ0v) is 16.1. The van der Waals surface area contributed by atoms with Crippen LogP contribution in [-0.2, 0) is 6.54 Å². The molecular weight excluding hydrogens is 346 g/mol. The van der Waals surface area contributed by atoms with Gasteiger partial charge in [0.25, 0.3) is 0 Å². The Morgan fingerprint density at radius 3 is 2.62 bits per heavy atom. The number of hydrogen-bond acceptors (Lipinski definition) is 2. The summed E-state index contributed by atoms with van der Waals surface area (Å²) >= 11 is 0. The van der Waals surface area contributed by atoms with Crippen molar-refractivity contribution in [1.29, 1.82) is 0 Å². The maximum absolute atomic E-state index is 5.27. The van der Waals surface area contributed by atoms with Crippen LogP contribution < -0.4 is 32.7 Å². The molecule has 0 saturated carbocycles. The summed E-state index contributed by atoms with van der Waals surface area (Å²) in [6.45, 7) is 4.91. The van der Waals surface area contributed by atoms with Gasteiger partial charge in [-0.25, -0.2) is 0 Å². The average Bonchev–Trinajstić information content (AvgIpc) is 2.68. The van der Waals surface area contributed by atoms with Gasteiger partial charge in [0.05, 0.1) is 32.7 Å². The number of benzene rings is 2. The Hall–Kier alpha value is -1.59. The third-order valence-corrected chi connectivity index (χ3v) is 5.77. The number of fused-ring (bicyclic) bond motifs is 1. The monoisotopic (exact) mass is 374 g/mol. The van der Waals surface area contributed by atoms with E-state index in [1.807, 2.05) is 0 Å². The van der Waals surface area contributed by atoms with E-state index in [4.69, 9.17) is 4.74 Å². The van der Waals surface area contributed by atoms with Gasteiger partial charge >= 0.3 is 0 Å². The van der Waals surface area contributed by atoms with Crippen molar-refractivity contribution in [1.82, 2.24) is 5.32 Å². The minimum absolute atomic E-state index is 0. The molecule has 4 nitrogen and oxygen atoms in total. The predicted octanol–water partition coefficient (Wildman–Crippen LogP) is -2.66. The van der Waals surface area contributed by atoms with Crippen LogP contribution in [0.1, 0.15) is 23.7 Å². The summed E-state index contributed by atoms with van der Waals surface area (Å²) in [6.07, 6.45) is 1.65. The van der Waals surface area contributed by atoms with E-state index in [1.54, 1.807) is 12.0 Å². The van der Waals surface area contributed by atoms with Crippen LogP contribution in [0.2, 0.25) is 0 Å². The second-order valence-corrected chi connectivity index (χ2v) is 7.41. The maximum atomic E-state index is 5.27. The molecule has 2 aliphatic rings. The van der Waals surface area contributed by atoms with Crippen LogP contribution in [0.25, 0.3) is 0 Å². The van der Waals surface area contributed by atoms with E-state index in [2.05, 4.69) is 65.2 Å². The normalized spacial score (nSPS) is 27.9. The highest BCUT2D eigenvalue weighted by molar-refractivity contribution is 5.28. The average molecular weight is 375 g/mol. The topological polar surface area (TPSA) is 42.3 Å². The molecular formula is C21H29ClN3O+. The van der Waals surface area contributed by atoms with Crippen LogP contribution in [0.5, 0.6) is 5.75 Å². The van der Waals surface area contributed by atoms with Crippen LogP contribution in [-0.4, -0.2) is 32.8 Å². The summed E-state index contributed by atoms with van der Waals surface area (Å²) in [7, 11) is 1.72. The molecule has 2 heterocycles. The number of quaternary nitrogens is 2. The first-order valence-electron chi connectivity index (χ1n) is 9.42. The van der Waals surface area contributed by atoms with E-state index in [9.17, 15) is 0 Å². The SMILES string of the molecule is COc1ccc(C2NC3CC[NH+](Cc4ccccc4)CC3C[NH2+]2)cc1.[Cl-]. The van der Waals surface area contributed by atoms with Crippen LogP contribution in [0.15, 0.2) is 54.6 Å². The third-order valence-electron chi connectivity index (χ3n) is 5.77. The Labute approximate surface area is 162 Å². The van der Waals surface area contributed by atoms with Gasteiger partial charge in [0.1, 0.15) is 12.3 Å². The highest BCUT2D eigenvalue weighted by Crippen LogP contribution is 2.19. The van der Waals surface area contributed by atoms with E-state index in [0.717, 1.165) is 18.2 Å². The summed E-state index contributed by atoms with van der Waals surface area (Å²) < 4.78 is 5.27. The van der Waals surface area contributed by atoms with Gasteiger partial charge in [-0.15, -0.1) is 0 Å². The zero-order chi connectivity index (χ0) is 17.1. The number of likely N-dealkylation sites (tertiary alicyclic amines) is 1. The molecule has 2 aliphatic heterocycles. The Balaban J connectivity index is 0.00000196. The van der Waals surface area contributed by atoms with Crippen molar-refractivity contribution >= 4 is 0 Å². The third kappa shape index (κ3) is 4.38. The first kappa shape index (κ1) is 19.2. The molecule has 26 heavy (non-hydrogen) atoms.